The maximum atomic E-state index is 5.93. The van der Waals surface area contributed by atoms with Crippen LogP contribution in [0.1, 0.15) is 12.2 Å². The van der Waals surface area contributed by atoms with E-state index in [9.17, 15) is 0 Å². The van der Waals surface area contributed by atoms with Crippen molar-refractivity contribution >= 4 is 11.0 Å². The van der Waals surface area contributed by atoms with Crippen molar-refractivity contribution in [3.05, 3.63) is 24.3 Å². The van der Waals surface area contributed by atoms with Crippen molar-refractivity contribution in [2.24, 2.45) is 5.73 Å². The smallest absolute Gasteiger partial charge is 0.110 e. The molecule has 1 unspecified atom stereocenters. The van der Waals surface area contributed by atoms with Gasteiger partial charge < -0.3 is 10.3 Å². The Kier molecular flexibility index (Phi) is 1.58. The lowest BCUT2D eigenvalue weighted by Crippen LogP contribution is -2.31. The van der Waals surface area contributed by atoms with Crippen molar-refractivity contribution in [3.8, 4) is 0 Å². The SMILES string of the molecule is NC1CCc2nc3ccncc3n2C1. The summed E-state index contributed by atoms with van der Waals surface area (Å²) in [7, 11) is 0. The highest BCUT2D eigenvalue weighted by molar-refractivity contribution is 5.74. The number of hydrogen-bond acceptors (Lipinski definition) is 3. The summed E-state index contributed by atoms with van der Waals surface area (Å²) < 4.78 is 2.19. The molecule has 2 aromatic rings. The monoisotopic (exact) mass is 188 g/mol. The number of pyridine rings is 1. The molecule has 0 radical (unpaired) electrons. The quantitative estimate of drug-likeness (QED) is 0.662. The van der Waals surface area contributed by atoms with Crippen LogP contribution < -0.4 is 5.73 Å². The molecular formula is C10H12N4. The van der Waals surface area contributed by atoms with E-state index in [1.165, 1.54) is 0 Å². The van der Waals surface area contributed by atoms with Gasteiger partial charge in [-0.15, -0.1) is 0 Å². The standard InChI is InChI=1S/C10H12N4/c11-7-1-2-10-13-8-3-4-12-5-9(8)14(10)6-7/h3-5,7H,1-2,6,11H2. The summed E-state index contributed by atoms with van der Waals surface area (Å²) >= 11 is 0. The van der Waals surface area contributed by atoms with Crippen molar-refractivity contribution in [1.82, 2.24) is 14.5 Å². The second-order valence-electron chi connectivity index (χ2n) is 3.80. The summed E-state index contributed by atoms with van der Waals surface area (Å²) in [5.74, 6) is 1.15. The molecule has 4 nitrogen and oxygen atoms in total. The summed E-state index contributed by atoms with van der Waals surface area (Å²) in [4.78, 5) is 8.67. The van der Waals surface area contributed by atoms with E-state index in [0.29, 0.717) is 0 Å². The third-order valence-corrected chi connectivity index (χ3v) is 2.79. The van der Waals surface area contributed by atoms with E-state index < -0.39 is 0 Å². The third kappa shape index (κ3) is 1.04. The van der Waals surface area contributed by atoms with Crippen LogP contribution in [-0.2, 0) is 13.0 Å². The molecule has 2 aromatic heterocycles. The lowest BCUT2D eigenvalue weighted by Gasteiger charge is -2.20. The molecule has 0 saturated heterocycles. The molecule has 2 N–H and O–H groups in total. The zero-order valence-electron chi connectivity index (χ0n) is 7.85. The van der Waals surface area contributed by atoms with E-state index in [0.717, 1.165) is 36.2 Å². The molecule has 0 bridgehead atoms. The van der Waals surface area contributed by atoms with Crippen LogP contribution in [0.15, 0.2) is 18.5 Å². The van der Waals surface area contributed by atoms with Crippen molar-refractivity contribution in [2.45, 2.75) is 25.4 Å². The van der Waals surface area contributed by atoms with Crippen LogP contribution in [0.4, 0.5) is 0 Å². The van der Waals surface area contributed by atoms with Gasteiger partial charge in [0.1, 0.15) is 5.82 Å². The first-order valence-corrected chi connectivity index (χ1v) is 4.89. The van der Waals surface area contributed by atoms with Crippen molar-refractivity contribution in [3.63, 3.8) is 0 Å². The summed E-state index contributed by atoms with van der Waals surface area (Å²) in [6.45, 7) is 0.873. The van der Waals surface area contributed by atoms with Crippen LogP contribution in [0.3, 0.4) is 0 Å². The molecule has 72 valence electrons. The highest BCUT2D eigenvalue weighted by Gasteiger charge is 2.18. The summed E-state index contributed by atoms with van der Waals surface area (Å²) in [6.07, 6.45) is 5.66. The molecule has 1 aliphatic heterocycles. The summed E-state index contributed by atoms with van der Waals surface area (Å²) in [5.41, 5.74) is 8.07. The van der Waals surface area contributed by atoms with E-state index in [4.69, 9.17) is 5.73 Å². The van der Waals surface area contributed by atoms with E-state index in [2.05, 4.69) is 14.5 Å². The van der Waals surface area contributed by atoms with Gasteiger partial charge in [0.2, 0.25) is 0 Å². The molecule has 4 heteroatoms. The minimum atomic E-state index is 0.264. The molecule has 0 spiro atoms. The van der Waals surface area contributed by atoms with Crippen LogP contribution in [0.5, 0.6) is 0 Å². The normalized spacial score (nSPS) is 21.1. The molecule has 0 fully saturated rings. The Morgan fingerprint density at radius 3 is 3.36 bits per heavy atom. The molecule has 3 rings (SSSR count). The second-order valence-corrected chi connectivity index (χ2v) is 3.80. The van der Waals surface area contributed by atoms with Gasteiger partial charge in [0.05, 0.1) is 17.2 Å². The Morgan fingerprint density at radius 2 is 2.43 bits per heavy atom. The number of imidazole rings is 1. The molecule has 1 atom stereocenters. The predicted molar refractivity (Wildman–Crippen MR) is 53.8 cm³/mol. The first kappa shape index (κ1) is 7.94. The molecule has 0 amide bonds. The molecule has 1 aliphatic rings. The van der Waals surface area contributed by atoms with Crippen LogP contribution in [0.2, 0.25) is 0 Å². The summed E-state index contributed by atoms with van der Waals surface area (Å²) in [5, 5.41) is 0. The highest BCUT2D eigenvalue weighted by Crippen LogP contribution is 2.20. The minimum absolute atomic E-state index is 0.264. The van der Waals surface area contributed by atoms with E-state index in [1.807, 2.05) is 12.3 Å². The fourth-order valence-corrected chi connectivity index (χ4v) is 2.05. The highest BCUT2D eigenvalue weighted by atomic mass is 15.1. The second kappa shape index (κ2) is 2.78. The first-order valence-electron chi connectivity index (χ1n) is 4.89. The van der Waals surface area contributed by atoms with Gasteiger partial charge >= 0.3 is 0 Å². The molecule has 3 heterocycles. The lowest BCUT2D eigenvalue weighted by molar-refractivity contribution is 0.461. The van der Waals surface area contributed by atoms with Crippen molar-refractivity contribution in [2.75, 3.05) is 0 Å². The maximum absolute atomic E-state index is 5.93. The Hall–Kier alpha value is -1.42. The molecule has 0 aliphatic carbocycles. The van der Waals surface area contributed by atoms with Gasteiger partial charge in [-0.3, -0.25) is 4.98 Å². The number of fused-ring (bicyclic) bond motifs is 3. The maximum Gasteiger partial charge on any atom is 0.110 e. The fraction of sp³-hybridized carbons (Fsp3) is 0.400. The topological polar surface area (TPSA) is 56.7 Å². The van der Waals surface area contributed by atoms with E-state index in [1.54, 1.807) is 6.20 Å². The van der Waals surface area contributed by atoms with Crippen molar-refractivity contribution in [1.29, 1.82) is 0 Å². The number of hydrogen-bond donors (Lipinski definition) is 1. The Labute approximate surface area is 81.8 Å². The zero-order chi connectivity index (χ0) is 9.54. The average Bonchev–Trinajstić information content (AvgIpc) is 2.56. The first-order chi connectivity index (χ1) is 6.84. The van der Waals surface area contributed by atoms with Crippen LogP contribution in [0, 0.1) is 0 Å². The Balaban J connectivity index is 2.25. The lowest BCUT2D eigenvalue weighted by atomic mass is 10.1. The van der Waals surface area contributed by atoms with Gasteiger partial charge in [-0.25, -0.2) is 4.98 Å². The van der Waals surface area contributed by atoms with Crippen LogP contribution in [-0.4, -0.2) is 20.6 Å². The number of nitrogens with zero attached hydrogens (tertiary/aromatic N) is 3. The molecule has 0 aromatic carbocycles. The molecule has 0 saturated carbocycles. The van der Waals surface area contributed by atoms with Gasteiger partial charge in [-0.05, 0) is 12.5 Å². The van der Waals surface area contributed by atoms with Gasteiger partial charge in [0.15, 0.2) is 0 Å². The predicted octanol–water partition coefficient (Wildman–Crippen LogP) is 0.705. The Morgan fingerprint density at radius 1 is 1.50 bits per heavy atom. The molecular weight excluding hydrogens is 176 g/mol. The number of nitrogens with two attached hydrogens (primary N) is 1. The van der Waals surface area contributed by atoms with Gasteiger partial charge in [0, 0.05) is 25.2 Å². The number of rotatable bonds is 0. The van der Waals surface area contributed by atoms with E-state index in [-0.39, 0.29) is 6.04 Å². The number of aromatic nitrogens is 3. The molecule has 14 heavy (non-hydrogen) atoms. The van der Waals surface area contributed by atoms with Gasteiger partial charge in [0.25, 0.3) is 0 Å². The van der Waals surface area contributed by atoms with Crippen molar-refractivity contribution < 1.29 is 0 Å². The Bertz CT molecular complexity index is 474. The van der Waals surface area contributed by atoms with Gasteiger partial charge in [-0.1, -0.05) is 0 Å². The third-order valence-electron chi connectivity index (χ3n) is 2.79. The number of aryl methyl sites for hydroxylation is 1. The van der Waals surface area contributed by atoms with Gasteiger partial charge in [-0.2, -0.15) is 0 Å². The zero-order valence-corrected chi connectivity index (χ0v) is 7.85. The van der Waals surface area contributed by atoms with E-state index >= 15 is 0 Å². The van der Waals surface area contributed by atoms with Crippen LogP contribution >= 0.6 is 0 Å². The summed E-state index contributed by atoms with van der Waals surface area (Å²) in [6, 6.07) is 2.21. The fourth-order valence-electron chi connectivity index (χ4n) is 2.05. The average molecular weight is 188 g/mol. The van der Waals surface area contributed by atoms with Crippen LogP contribution in [0.25, 0.3) is 11.0 Å². The minimum Gasteiger partial charge on any atom is -0.326 e. The largest absolute Gasteiger partial charge is 0.326 e.